The summed E-state index contributed by atoms with van der Waals surface area (Å²) < 4.78 is 1.86. The van der Waals surface area contributed by atoms with Gasteiger partial charge in [-0.05, 0) is 39.2 Å². The lowest BCUT2D eigenvalue weighted by atomic mass is 10.1. The van der Waals surface area contributed by atoms with Crippen molar-refractivity contribution in [3.8, 4) is 0 Å². The highest BCUT2D eigenvalue weighted by Gasteiger charge is 2.20. The van der Waals surface area contributed by atoms with Gasteiger partial charge in [-0.25, -0.2) is 9.48 Å². The van der Waals surface area contributed by atoms with E-state index in [1.807, 2.05) is 10.7 Å². The Labute approximate surface area is 133 Å². The largest absolute Gasteiger partial charge is 0.335 e. The summed E-state index contributed by atoms with van der Waals surface area (Å²) in [6.07, 6.45) is 5.95. The lowest BCUT2D eigenvalue weighted by Crippen LogP contribution is -2.46. The van der Waals surface area contributed by atoms with Gasteiger partial charge in [-0.1, -0.05) is 13.8 Å². The van der Waals surface area contributed by atoms with Gasteiger partial charge < -0.3 is 10.2 Å². The van der Waals surface area contributed by atoms with Crippen molar-refractivity contribution >= 4 is 11.8 Å². The summed E-state index contributed by atoms with van der Waals surface area (Å²) in [5, 5.41) is 10.3. The highest BCUT2D eigenvalue weighted by atomic mass is 16.2. The molecule has 0 aromatic carbocycles. The lowest BCUT2D eigenvalue weighted by Gasteiger charge is -2.32. The third-order valence-corrected chi connectivity index (χ3v) is 4.38. The van der Waals surface area contributed by atoms with Crippen LogP contribution >= 0.6 is 0 Å². The predicted octanol–water partition coefficient (Wildman–Crippen LogP) is 2.85. The maximum atomic E-state index is 12.2. The minimum absolute atomic E-state index is 0.126. The van der Waals surface area contributed by atoms with Crippen LogP contribution in [0.15, 0.2) is 12.3 Å². The van der Waals surface area contributed by atoms with E-state index in [1.54, 1.807) is 6.20 Å². The molecule has 1 fully saturated rings. The fourth-order valence-corrected chi connectivity index (χ4v) is 2.89. The highest BCUT2D eigenvalue weighted by molar-refractivity contribution is 5.88. The molecule has 2 heterocycles. The van der Waals surface area contributed by atoms with Crippen molar-refractivity contribution in [2.45, 2.75) is 58.5 Å². The van der Waals surface area contributed by atoms with Gasteiger partial charge in [-0.2, -0.15) is 5.10 Å². The van der Waals surface area contributed by atoms with Crippen LogP contribution in [0.3, 0.4) is 0 Å². The molecule has 2 N–H and O–H groups in total. The number of rotatable bonds is 6. The SMILES string of the molecule is CCCN1CCC(NC(=O)Nc2ccnn2[C@H](C)CC)CC1. The molecule has 1 aromatic heterocycles. The summed E-state index contributed by atoms with van der Waals surface area (Å²) in [6, 6.07) is 2.27. The number of aromatic nitrogens is 2. The van der Waals surface area contributed by atoms with Gasteiger partial charge >= 0.3 is 6.03 Å². The Morgan fingerprint density at radius 1 is 1.41 bits per heavy atom. The van der Waals surface area contributed by atoms with Crippen LogP contribution in [0, 0.1) is 0 Å². The zero-order valence-corrected chi connectivity index (χ0v) is 14.0. The summed E-state index contributed by atoms with van der Waals surface area (Å²) >= 11 is 0. The first-order chi connectivity index (χ1) is 10.6. The second kappa shape index (κ2) is 8.17. The lowest BCUT2D eigenvalue weighted by molar-refractivity contribution is 0.196. The minimum Gasteiger partial charge on any atom is -0.335 e. The molecule has 0 aliphatic carbocycles. The first kappa shape index (κ1) is 16.8. The molecule has 1 aliphatic rings. The van der Waals surface area contributed by atoms with Gasteiger partial charge in [0, 0.05) is 25.2 Å². The number of amides is 2. The highest BCUT2D eigenvalue weighted by Crippen LogP contribution is 2.16. The van der Waals surface area contributed by atoms with Crippen LogP contribution in [-0.4, -0.2) is 46.4 Å². The van der Waals surface area contributed by atoms with E-state index >= 15 is 0 Å². The van der Waals surface area contributed by atoms with E-state index < -0.39 is 0 Å². The van der Waals surface area contributed by atoms with E-state index in [0.717, 1.165) is 44.7 Å². The zero-order chi connectivity index (χ0) is 15.9. The molecular formula is C16H29N5O. The number of likely N-dealkylation sites (tertiary alicyclic amines) is 1. The Bertz CT molecular complexity index is 465. The third kappa shape index (κ3) is 4.47. The van der Waals surface area contributed by atoms with Crippen LogP contribution in [0.4, 0.5) is 10.6 Å². The molecule has 22 heavy (non-hydrogen) atoms. The van der Waals surface area contributed by atoms with Crippen molar-refractivity contribution in [1.29, 1.82) is 0 Å². The van der Waals surface area contributed by atoms with E-state index in [9.17, 15) is 4.79 Å². The Kier molecular flexibility index (Phi) is 6.24. The maximum Gasteiger partial charge on any atom is 0.320 e. The van der Waals surface area contributed by atoms with E-state index in [2.05, 4.69) is 41.4 Å². The van der Waals surface area contributed by atoms with Crippen LogP contribution in [0.25, 0.3) is 0 Å². The number of urea groups is 1. The number of piperidine rings is 1. The number of carbonyl (C=O) groups excluding carboxylic acids is 1. The molecule has 124 valence electrons. The Morgan fingerprint density at radius 2 is 2.14 bits per heavy atom. The van der Waals surface area contributed by atoms with Crippen LogP contribution in [-0.2, 0) is 0 Å². The molecule has 0 spiro atoms. The number of hydrogen-bond donors (Lipinski definition) is 2. The summed E-state index contributed by atoms with van der Waals surface area (Å²) in [6.45, 7) is 9.72. The number of nitrogens with zero attached hydrogens (tertiary/aromatic N) is 3. The summed E-state index contributed by atoms with van der Waals surface area (Å²) in [4.78, 5) is 14.6. The van der Waals surface area contributed by atoms with Gasteiger partial charge in [0.1, 0.15) is 5.82 Å². The summed E-state index contributed by atoms with van der Waals surface area (Å²) in [5.74, 6) is 0.760. The summed E-state index contributed by atoms with van der Waals surface area (Å²) in [7, 11) is 0. The fourth-order valence-electron chi connectivity index (χ4n) is 2.89. The fraction of sp³-hybridized carbons (Fsp3) is 0.750. The topological polar surface area (TPSA) is 62.2 Å². The standard InChI is InChI=1S/C16H29N5O/c1-4-10-20-11-7-14(8-12-20)18-16(22)19-15-6-9-17-21(15)13(3)5-2/h6,9,13-14H,4-5,7-8,10-12H2,1-3H3,(H2,18,19,22)/t13-/m1/s1. The minimum atomic E-state index is -0.126. The van der Waals surface area contributed by atoms with Gasteiger partial charge in [-0.3, -0.25) is 5.32 Å². The molecule has 0 radical (unpaired) electrons. The van der Waals surface area contributed by atoms with Crippen LogP contribution < -0.4 is 10.6 Å². The second-order valence-electron chi connectivity index (χ2n) is 6.13. The predicted molar refractivity (Wildman–Crippen MR) is 89.1 cm³/mol. The van der Waals surface area contributed by atoms with Crippen LogP contribution in [0.5, 0.6) is 0 Å². The van der Waals surface area contributed by atoms with Crippen molar-refractivity contribution in [3.63, 3.8) is 0 Å². The molecule has 1 aliphatic heterocycles. The molecular weight excluding hydrogens is 278 g/mol. The van der Waals surface area contributed by atoms with Crippen molar-refractivity contribution in [3.05, 3.63) is 12.3 Å². The monoisotopic (exact) mass is 307 g/mol. The average molecular weight is 307 g/mol. The number of hydrogen-bond acceptors (Lipinski definition) is 3. The second-order valence-corrected chi connectivity index (χ2v) is 6.13. The van der Waals surface area contributed by atoms with Gasteiger partial charge in [0.2, 0.25) is 0 Å². The average Bonchev–Trinajstić information content (AvgIpc) is 2.96. The first-order valence-electron chi connectivity index (χ1n) is 8.47. The molecule has 1 atom stereocenters. The van der Waals surface area contributed by atoms with E-state index in [1.165, 1.54) is 6.42 Å². The molecule has 2 rings (SSSR count). The molecule has 0 unspecified atom stereocenters. The van der Waals surface area contributed by atoms with E-state index in [-0.39, 0.29) is 18.1 Å². The molecule has 0 saturated carbocycles. The van der Waals surface area contributed by atoms with Crippen LogP contribution in [0.1, 0.15) is 52.5 Å². The van der Waals surface area contributed by atoms with Crippen molar-refractivity contribution in [2.24, 2.45) is 0 Å². The van der Waals surface area contributed by atoms with E-state index in [4.69, 9.17) is 0 Å². The molecule has 6 nitrogen and oxygen atoms in total. The molecule has 1 aromatic rings. The smallest absolute Gasteiger partial charge is 0.320 e. The maximum absolute atomic E-state index is 12.2. The van der Waals surface area contributed by atoms with Crippen molar-refractivity contribution in [2.75, 3.05) is 25.0 Å². The van der Waals surface area contributed by atoms with Gasteiger partial charge in [0.15, 0.2) is 0 Å². The van der Waals surface area contributed by atoms with Gasteiger partial charge in [0.05, 0.1) is 12.2 Å². The summed E-state index contributed by atoms with van der Waals surface area (Å²) in [5.41, 5.74) is 0. The molecule has 6 heteroatoms. The molecule has 1 saturated heterocycles. The number of carbonyl (C=O) groups is 1. The normalized spacial score (nSPS) is 18.1. The van der Waals surface area contributed by atoms with Crippen LogP contribution in [0.2, 0.25) is 0 Å². The zero-order valence-electron chi connectivity index (χ0n) is 14.0. The first-order valence-corrected chi connectivity index (χ1v) is 8.47. The third-order valence-electron chi connectivity index (χ3n) is 4.38. The molecule has 2 amide bonds. The quantitative estimate of drug-likeness (QED) is 0.849. The molecule has 0 bridgehead atoms. The Balaban J connectivity index is 1.80. The number of anilines is 1. The van der Waals surface area contributed by atoms with Gasteiger partial charge in [-0.15, -0.1) is 0 Å². The Hall–Kier alpha value is -1.56. The van der Waals surface area contributed by atoms with Gasteiger partial charge in [0.25, 0.3) is 0 Å². The number of nitrogens with one attached hydrogen (secondary N) is 2. The Morgan fingerprint density at radius 3 is 2.77 bits per heavy atom. The van der Waals surface area contributed by atoms with Crippen molar-refractivity contribution < 1.29 is 4.79 Å². The van der Waals surface area contributed by atoms with Crippen molar-refractivity contribution in [1.82, 2.24) is 20.0 Å². The van der Waals surface area contributed by atoms with E-state index in [0.29, 0.717) is 0 Å².